The molecule has 19 heavy (non-hydrogen) atoms. The van der Waals surface area contributed by atoms with E-state index in [2.05, 4.69) is 15.5 Å². The lowest BCUT2D eigenvalue weighted by molar-refractivity contribution is 0.0907. The van der Waals surface area contributed by atoms with Gasteiger partial charge in [-0.15, -0.1) is 0 Å². The molecule has 0 fully saturated rings. The van der Waals surface area contributed by atoms with E-state index < -0.39 is 0 Å². The largest absolute Gasteiger partial charge is 0.453 e. The average molecular weight is 263 g/mol. The van der Waals surface area contributed by atoms with E-state index >= 15 is 0 Å². The maximum atomic E-state index is 12.0. The Kier molecular flexibility index (Phi) is 3.71. The van der Waals surface area contributed by atoms with Gasteiger partial charge < -0.3 is 14.8 Å². The summed E-state index contributed by atoms with van der Waals surface area (Å²) in [6, 6.07) is 2.95. The van der Waals surface area contributed by atoms with Crippen LogP contribution in [-0.2, 0) is 6.61 Å². The highest BCUT2D eigenvalue weighted by molar-refractivity contribution is 5.91. The highest BCUT2D eigenvalue weighted by Crippen LogP contribution is 2.19. The zero-order valence-corrected chi connectivity index (χ0v) is 11.2. The number of carbonyl (C=O) groups is 1. The highest BCUT2D eigenvalue weighted by atomic mass is 16.4. The number of rotatable bonds is 4. The van der Waals surface area contributed by atoms with Crippen LogP contribution in [-0.4, -0.2) is 21.2 Å². The normalized spacial score (nSPS) is 12.4. The molecule has 0 unspecified atom stereocenters. The van der Waals surface area contributed by atoms with E-state index in [-0.39, 0.29) is 24.3 Å². The van der Waals surface area contributed by atoms with Crippen LogP contribution in [0.5, 0.6) is 0 Å². The minimum absolute atomic E-state index is 0.172. The molecule has 0 aromatic carbocycles. The second-order valence-corrected chi connectivity index (χ2v) is 4.47. The van der Waals surface area contributed by atoms with Gasteiger partial charge in [-0.3, -0.25) is 9.89 Å². The van der Waals surface area contributed by atoms with E-state index in [1.807, 2.05) is 20.8 Å². The summed E-state index contributed by atoms with van der Waals surface area (Å²) in [7, 11) is 0. The molecule has 2 aromatic heterocycles. The van der Waals surface area contributed by atoms with Gasteiger partial charge in [0.1, 0.15) is 12.4 Å². The van der Waals surface area contributed by atoms with Crippen molar-refractivity contribution in [3.05, 3.63) is 40.6 Å². The maximum Gasteiger partial charge on any atom is 0.287 e. The van der Waals surface area contributed by atoms with Crippen molar-refractivity contribution in [2.75, 3.05) is 0 Å². The Labute approximate surface area is 110 Å². The first-order valence-electron chi connectivity index (χ1n) is 6.04. The SMILES string of the molecule is Cc1n[nH]c(C)c1[C@@H](C)NC(=O)c1ccc(CO)o1. The third-order valence-corrected chi connectivity index (χ3v) is 3.01. The predicted octanol–water partition coefficient (Wildman–Crippen LogP) is 1.60. The molecule has 0 saturated heterocycles. The first kappa shape index (κ1) is 13.4. The number of aromatic amines is 1. The van der Waals surface area contributed by atoms with E-state index in [0.717, 1.165) is 17.0 Å². The van der Waals surface area contributed by atoms with Gasteiger partial charge in [-0.25, -0.2) is 0 Å². The number of furan rings is 1. The summed E-state index contributed by atoms with van der Waals surface area (Å²) in [5, 5.41) is 18.7. The molecule has 0 aliphatic heterocycles. The topological polar surface area (TPSA) is 91.2 Å². The van der Waals surface area contributed by atoms with Crippen LogP contribution in [0.1, 0.15) is 46.2 Å². The van der Waals surface area contributed by atoms with Crippen molar-refractivity contribution < 1.29 is 14.3 Å². The van der Waals surface area contributed by atoms with Gasteiger partial charge in [0.15, 0.2) is 5.76 Å². The minimum Gasteiger partial charge on any atom is -0.453 e. The molecule has 0 spiro atoms. The molecule has 0 saturated carbocycles. The second-order valence-electron chi connectivity index (χ2n) is 4.47. The van der Waals surface area contributed by atoms with E-state index in [1.54, 1.807) is 12.1 Å². The minimum atomic E-state index is -0.313. The lowest BCUT2D eigenvalue weighted by Gasteiger charge is -2.13. The predicted molar refractivity (Wildman–Crippen MR) is 68.6 cm³/mol. The van der Waals surface area contributed by atoms with Gasteiger partial charge in [-0.1, -0.05) is 0 Å². The van der Waals surface area contributed by atoms with Crippen LogP contribution < -0.4 is 5.32 Å². The molecule has 102 valence electrons. The summed E-state index contributed by atoms with van der Waals surface area (Å²) in [6.45, 7) is 5.47. The lowest BCUT2D eigenvalue weighted by Crippen LogP contribution is -2.26. The molecule has 1 amide bonds. The third-order valence-electron chi connectivity index (χ3n) is 3.01. The summed E-state index contributed by atoms with van der Waals surface area (Å²) >= 11 is 0. The van der Waals surface area contributed by atoms with Crippen molar-refractivity contribution in [2.45, 2.75) is 33.4 Å². The third kappa shape index (κ3) is 2.68. The number of nitrogens with zero attached hydrogens (tertiary/aromatic N) is 1. The lowest BCUT2D eigenvalue weighted by atomic mass is 10.1. The number of amides is 1. The molecule has 0 bridgehead atoms. The summed E-state index contributed by atoms with van der Waals surface area (Å²) in [6.07, 6.45) is 0. The number of aryl methyl sites for hydroxylation is 2. The van der Waals surface area contributed by atoms with Crippen LogP contribution in [0, 0.1) is 13.8 Å². The number of aliphatic hydroxyl groups is 1. The molecular formula is C13H17N3O3. The van der Waals surface area contributed by atoms with Crippen molar-refractivity contribution in [3.8, 4) is 0 Å². The molecule has 6 heteroatoms. The molecule has 0 aliphatic rings. The number of hydrogen-bond donors (Lipinski definition) is 3. The standard InChI is InChI=1S/C13H17N3O3/c1-7(12-8(2)15-16-9(12)3)14-13(18)11-5-4-10(6-17)19-11/h4-5,7,17H,6H2,1-3H3,(H,14,18)(H,15,16)/t7-/m1/s1. The van der Waals surface area contributed by atoms with Gasteiger partial charge >= 0.3 is 0 Å². The van der Waals surface area contributed by atoms with Gasteiger partial charge in [0.2, 0.25) is 0 Å². The molecule has 6 nitrogen and oxygen atoms in total. The Morgan fingerprint density at radius 3 is 2.79 bits per heavy atom. The van der Waals surface area contributed by atoms with Crippen LogP contribution in [0.3, 0.4) is 0 Å². The number of aromatic nitrogens is 2. The van der Waals surface area contributed by atoms with Gasteiger partial charge in [-0.05, 0) is 32.9 Å². The zero-order chi connectivity index (χ0) is 14.0. The highest BCUT2D eigenvalue weighted by Gasteiger charge is 2.19. The summed E-state index contributed by atoms with van der Waals surface area (Å²) in [5.74, 6) is 0.246. The Balaban J connectivity index is 2.10. The van der Waals surface area contributed by atoms with Gasteiger partial charge in [0, 0.05) is 11.3 Å². The number of H-pyrrole nitrogens is 1. The van der Waals surface area contributed by atoms with E-state index in [1.165, 1.54) is 0 Å². The first-order chi connectivity index (χ1) is 9.02. The van der Waals surface area contributed by atoms with Gasteiger partial charge in [-0.2, -0.15) is 5.10 Å². The van der Waals surface area contributed by atoms with Gasteiger partial charge in [0.05, 0.1) is 11.7 Å². The van der Waals surface area contributed by atoms with E-state index in [4.69, 9.17) is 9.52 Å². The first-order valence-corrected chi connectivity index (χ1v) is 6.04. The number of aliphatic hydroxyl groups excluding tert-OH is 1. The molecule has 2 aromatic rings. The molecule has 2 rings (SSSR count). The Morgan fingerprint density at radius 1 is 1.53 bits per heavy atom. The Morgan fingerprint density at radius 2 is 2.26 bits per heavy atom. The van der Waals surface area contributed by atoms with Crippen molar-refractivity contribution in [2.24, 2.45) is 0 Å². The van der Waals surface area contributed by atoms with Crippen LogP contribution in [0.4, 0.5) is 0 Å². The van der Waals surface area contributed by atoms with Crippen LogP contribution >= 0.6 is 0 Å². The van der Waals surface area contributed by atoms with E-state index in [0.29, 0.717) is 5.76 Å². The smallest absolute Gasteiger partial charge is 0.287 e. The van der Waals surface area contributed by atoms with Crippen LogP contribution in [0.15, 0.2) is 16.5 Å². The molecule has 1 atom stereocenters. The maximum absolute atomic E-state index is 12.0. The van der Waals surface area contributed by atoms with Crippen LogP contribution in [0.25, 0.3) is 0 Å². The number of nitrogens with one attached hydrogen (secondary N) is 2. The number of carbonyl (C=O) groups excluding carboxylic acids is 1. The molecule has 0 radical (unpaired) electrons. The van der Waals surface area contributed by atoms with Crippen molar-refractivity contribution in [3.63, 3.8) is 0 Å². The Bertz CT molecular complexity index is 566. The van der Waals surface area contributed by atoms with Crippen molar-refractivity contribution in [1.29, 1.82) is 0 Å². The fourth-order valence-corrected chi connectivity index (χ4v) is 2.12. The fourth-order valence-electron chi connectivity index (χ4n) is 2.12. The number of hydrogen-bond acceptors (Lipinski definition) is 4. The summed E-state index contributed by atoms with van der Waals surface area (Å²) < 4.78 is 5.19. The van der Waals surface area contributed by atoms with Crippen molar-refractivity contribution in [1.82, 2.24) is 15.5 Å². The summed E-state index contributed by atoms with van der Waals surface area (Å²) in [4.78, 5) is 12.0. The van der Waals surface area contributed by atoms with E-state index in [9.17, 15) is 4.79 Å². The molecule has 3 N–H and O–H groups in total. The Hall–Kier alpha value is -2.08. The zero-order valence-electron chi connectivity index (χ0n) is 11.2. The average Bonchev–Trinajstić information content (AvgIpc) is 2.96. The molecule has 2 heterocycles. The van der Waals surface area contributed by atoms with Gasteiger partial charge in [0.25, 0.3) is 5.91 Å². The monoisotopic (exact) mass is 263 g/mol. The quantitative estimate of drug-likeness (QED) is 0.781. The second kappa shape index (κ2) is 5.27. The van der Waals surface area contributed by atoms with Crippen molar-refractivity contribution >= 4 is 5.91 Å². The summed E-state index contributed by atoms with van der Waals surface area (Å²) in [5.41, 5.74) is 2.77. The fraction of sp³-hybridized carbons (Fsp3) is 0.385. The van der Waals surface area contributed by atoms with Crippen LogP contribution in [0.2, 0.25) is 0 Å². The molecule has 0 aliphatic carbocycles. The molecular weight excluding hydrogens is 246 g/mol.